The van der Waals surface area contributed by atoms with Crippen LogP contribution < -0.4 is 10.6 Å². The van der Waals surface area contributed by atoms with Crippen molar-refractivity contribution in [2.45, 2.75) is 63.6 Å². The van der Waals surface area contributed by atoms with Crippen molar-refractivity contribution in [2.75, 3.05) is 25.4 Å². The van der Waals surface area contributed by atoms with E-state index in [1.54, 1.807) is 23.9 Å². The maximum atomic E-state index is 13.5. The second-order valence-corrected chi connectivity index (χ2v) is 11.3. The van der Waals surface area contributed by atoms with E-state index in [2.05, 4.69) is 36.6 Å². The van der Waals surface area contributed by atoms with Gasteiger partial charge in [-0.25, -0.2) is 0 Å². The Morgan fingerprint density at radius 3 is 2.17 bits per heavy atom. The number of aliphatic hydroxyl groups excluding tert-OH is 1. The van der Waals surface area contributed by atoms with E-state index in [1.165, 1.54) is 0 Å². The van der Waals surface area contributed by atoms with Gasteiger partial charge in [0.05, 0.1) is 12.1 Å². The summed E-state index contributed by atoms with van der Waals surface area (Å²) in [5.74, 6) is 0.403. The van der Waals surface area contributed by atoms with Crippen LogP contribution in [0.4, 0.5) is 0 Å². The molecule has 0 aliphatic carbocycles. The number of thioether (sulfide) groups is 1. The van der Waals surface area contributed by atoms with E-state index < -0.39 is 12.1 Å². The van der Waals surface area contributed by atoms with Crippen LogP contribution in [0.15, 0.2) is 83.8 Å². The Balaban J connectivity index is 1.71. The lowest BCUT2D eigenvalue weighted by atomic mass is 10.0. The predicted molar refractivity (Wildman–Crippen MR) is 165 cm³/mol. The Hall–Kier alpha value is -3.13. The molecule has 3 rings (SSSR count). The number of carbonyl (C=O) groups is 2. The standard InChI is InChI=1S/C33H43N3O3S/c1-4-17-36(18-5-2)33(39)28-21-25(3)20-27(22-28)32(38)35-30(16-19-40-29-14-10-7-11-15-29)31(37)24-34-23-26-12-8-6-9-13-26/h6-15,20-22,30-31,34,37H,4-5,16-19,23-24H2,1-3H3,(H,35,38)/t30-,31+/m0/s1. The van der Waals surface area contributed by atoms with Crippen LogP contribution in [0.1, 0.15) is 65.0 Å². The van der Waals surface area contributed by atoms with E-state index in [4.69, 9.17) is 0 Å². The summed E-state index contributed by atoms with van der Waals surface area (Å²) in [6.07, 6.45) is 1.57. The molecule has 214 valence electrons. The number of hydrogen-bond donors (Lipinski definition) is 3. The number of benzene rings is 3. The van der Waals surface area contributed by atoms with Gasteiger partial charge in [0.25, 0.3) is 11.8 Å². The Labute approximate surface area is 243 Å². The van der Waals surface area contributed by atoms with Crippen LogP contribution in [0.3, 0.4) is 0 Å². The molecule has 2 atom stereocenters. The number of amides is 2. The van der Waals surface area contributed by atoms with E-state index >= 15 is 0 Å². The van der Waals surface area contributed by atoms with Gasteiger partial charge in [-0.3, -0.25) is 9.59 Å². The summed E-state index contributed by atoms with van der Waals surface area (Å²) in [6, 6.07) is 25.0. The molecule has 0 aromatic heterocycles. The monoisotopic (exact) mass is 561 g/mol. The lowest BCUT2D eigenvalue weighted by Crippen LogP contribution is -2.47. The van der Waals surface area contributed by atoms with Crippen LogP contribution >= 0.6 is 11.8 Å². The van der Waals surface area contributed by atoms with Crippen molar-refractivity contribution in [3.05, 3.63) is 101 Å². The van der Waals surface area contributed by atoms with Crippen LogP contribution in [-0.4, -0.2) is 59.4 Å². The quantitative estimate of drug-likeness (QED) is 0.196. The normalized spacial score (nSPS) is 12.5. The smallest absolute Gasteiger partial charge is 0.253 e. The zero-order chi connectivity index (χ0) is 28.7. The molecule has 3 aromatic rings. The summed E-state index contributed by atoms with van der Waals surface area (Å²) in [7, 11) is 0. The molecule has 3 N–H and O–H groups in total. The molecule has 7 heteroatoms. The highest BCUT2D eigenvalue weighted by atomic mass is 32.2. The third kappa shape index (κ3) is 10.1. The summed E-state index contributed by atoms with van der Waals surface area (Å²) in [6.45, 7) is 8.36. The van der Waals surface area contributed by atoms with E-state index in [9.17, 15) is 14.7 Å². The molecule has 0 spiro atoms. The molecule has 40 heavy (non-hydrogen) atoms. The minimum Gasteiger partial charge on any atom is -0.390 e. The second-order valence-electron chi connectivity index (χ2n) is 10.1. The van der Waals surface area contributed by atoms with Gasteiger partial charge in [-0.1, -0.05) is 62.4 Å². The van der Waals surface area contributed by atoms with Gasteiger partial charge in [-0.05, 0) is 67.6 Å². The lowest BCUT2D eigenvalue weighted by Gasteiger charge is -2.25. The van der Waals surface area contributed by atoms with Crippen molar-refractivity contribution in [1.29, 1.82) is 0 Å². The fourth-order valence-corrected chi connectivity index (χ4v) is 5.57. The van der Waals surface area contributed by atoms with Crippen molar-refractivity contribution in [3.63, 3.8) is 0 Å². The average Bonchev–Trinajstić information content (AvgIpc) is 2.96. The number of rotatable bonds is 16. The van der Waals surface area contributed by atoms with E-state index in [0.717, 1.165) is 34.6 Å². The van der Waals surface area contributed by atoms with Crippen molar-refractivity contribution in [3.8, 4) is 0 Å². The molecule has 0 aliphatic heterocycles. The van der Waals surface area contributed by atoms with Crippen molar-refractivity contribution < 1.29 is 14.7 Å². The summed E-state index contributed by atoms with van der Waals surface area (Å²) in [5, 5.41) is 17.5. The van der Waals surface area contributed by atoms with Crippen LogP contribution in [0.2, 0.25) is 0 Å². The molecule has 2 amide bonds. The molecule has 0 heterocycles. The number of carbonyl (C=O) groups excluding carboxylic acids is 2. The molecule has 0 saturated carbocycles. The molecule has 0 fully saturated rings. The molecule has 0 saturated heterocycles. The Bertz CT molecular complexity index is 1180. The van der Waals surface area contributed by atoms with Gasteiger partial charge in [0.15, 0.2) is 0 Å². The molecule has 0 radical (unpaired) electrons. The Kier molecular flexibility index (Phi) is 13.2. The number of aryl methyl sites for hydroxylation is 1. The SMILES string of the molecule is CCCN(CCC)C(=O)c1cc(C)cc(C(=O)N[C@@H](CCSc2ccccc2)[C@H](O)CNCc2ccccc2)c1. The minimum atomic E-state index is -0.778. The van der Waals surface area contributed by atoms with Gasteiger partial charge in [-0.2, -0.15) is 0 Å². The van der Waals surface area contributed by atoms with Gasteiger partial charge in [0.1, 0.15) is 0 Å². The van der Waals surface area contributed by atoms with Gasteiger partial charge in [0.2, 0.25) is 0 Å². The second kappa shape index (κ2) is 16.9. The topological polar surface area (TPSA) is 81.7 Å². The first-order valence-electron chi connectivity index (χ1n) is 14.2. The number of hydrogen-bond acceptors (Lipinski definition) is 5. The van der Waals surface area contributed by atoms with E-state index in [1.807, 2.05) is 66.4 Å². The molecule has 6 nitrogen and oxygen atoms in total. The Morgan fingerprint density at radius 1 is 0.900 bits per heavy atom. The summed E-state index contributed by atoms with van der Waals surface area (Å²) < 4.78 is 0. The van der Waals surface area contributed by atoms with Gasteiger partial charge in [0, 0.05) is 48.0 Å². The van der Waals surface area contributed by atoms with Crippen molar-refractivity contribution in [2.24, 2.45) is 0 Å². The first kappa shape index (κ1) is 31.4. The first-order chi connectivity index (χ1) is 19.4. The maximum Gasteiger partial charge on any atom is 0.253 e. The van der Waals surface area contributed by atoms with Crippen LogP contribution in [0, 0.1) is 6.92 Å². The van der Waals surface area contributed by atoms with Crippen LogP contribution in [-0.2, 0) is 6.54 Å². The molecule has 3 aromatic carbocycles. The van der Waals surface area contributed by atoms with Crippen LogP contribution in [0.25, 0.3) is 0 Å². The highest BCUT2D eigenvalue weighted by Gasteiger charge is 2.23. The Morgan fingerprint density at radius 2 is 1.52 bits per heavy atom. The van der Waals surface area contributed by atoms with Crippen molar-refractivity contribution >= 4 is 23.6 Å². The summed E-state index contributed by atoms with van der Waals surface area (Å²) in [4.78, 5) is 29.7. The summed E-state index contributed by atoms with van der Waals surface area (Å²) >= 11 is 1.70. The highest BCUT2D eigenvalue weighted by molar-refractivity contribution is 7.99. The van der Waals surface area contributed by atoms with E-state index in [0.29, 0.717) is 43.7 Å². The predicted octanol–water partition coefficient (Wildman–Crippen LogP) is 5.69. The maximum absolute atomic E-state index is 13.5. The molecular formula is C33H43N3O3S. The van der Waals surface area contributed by atoms with Gasteiger partial charge < -0.3 is 20.6 Å². The highest BCUT2D eigenvalue weighted by Crippen LogP contribution is 2.20. The molecular weight excluding hydrogens is 518 g/mol. The lowest BCUT2D eigenvalue weighted by molar-refractivity contribution is 0.0755. The van der Waals surface area contributed by atoms with Crippen molar-refractivity contribution in [1.82, 2.24) is 15.5 Å². The first-order valence-corrected chi connectivity index (χ1v) is 15.2. The fourth-order valence-electron chi connectivity index (χ4n) is 4.61. The minimum absolute atomic E-state index is 0.0533. The third-order valence-corrected chi connectivity index (χ3v) is 7.65. The van der Waals surface area contributed by atoms with Crippen LogP contribution in [0.5, 0.6) is 0 Å². The third-order valence-electron chi connectivity index (χ3n) is 6.61. The number of nitrogens with one attached hydrogen (secondary N) is 2. The molecule has 0 unspecified atom stereocenters. The number of nitrogens with zero attached hydrogens (tertiary/aromatic N) is 1. The fraction of sp³-hybridized carbons (Fsp3) is 0.394. The zero-order valence-electron chi connectivity index (χ0n) is 23.9. The van der Waals surface area contributed by atoms with Gasteiger partial charge >= 0.3 is 0 Å². The molecule has 0 bridgehead atoms. The number of aliphatic hydroxyl groups is 1. The molecule has 0 aliphatic rings. The average molecular weight is 562 g/mol. The largest absolute Gasteiger partial charge is 0.390 e. The van der Waals surface area contributed by atoms with Gasteiger partial charge in [-0.15, -0.1) is 11.8 Å². The van der Waals surface area contributed by atoms with E-state index in [-0.39, 0.29) is 11.8 Å². The summed E-state index contributed by atoms with van der Waals surface area (Å²) in [5.41, 5.74) is 2.94. The zero-order valence-corrected chi connectivity index (χ0v) is 24.8.